The van der Waals surface area contributed by atoms with Crippen LogP contribution < -0.4 is 5.32 Å². The van der Waals surface area contributed by atoms with Crippen LogP contribution in [0.2, 0.25) is 0 Å². The van der Waals surface area contributed by atoms with Gasteiger partial charge in [0.2, 0.25) is 0 Å². The third-order valence-corrected chi connectivity index (χ3v) is 5.26. The molecule has 0 spiro atoms. The molecule has 2 heterocycles. The highest BCUT2D eigenvalue weighted by molar-refractivity contribution is 7.10. The predicted molar refractivity (Wildman–Crippen MR) is 80.0 cm³/mol. The summed E-state index contributed by atoms with van der Waals surface area (Å²) in [6.45, 7) is 4.90. The number of carbonyl (C=O) groups excluding carboxylic acids is 1. The molecule has 1 saturated heterocycles. The summed E-state index contributed by atoms with van der Waals surface area (Å²) in [4.78, 5) is 16.1. The number of hydrogen-bond donors (Lipinski definition) is 1. The Morgan fingerprint density at radius 2 is 2.50 bits per heavy atom. The Morgan fingerprint density at radius 1 is 1.60 bits per heavy atom. The maximum Gasteiger partial charge on any atom is 0.324 e. The van der Waals surface area contributed by atoms with Crippen LogP contribution in [0, 0.1) is 0 Å². The Kier molecular flexibility index (Phi) is 4.38. The smallest absolute Gasteiger partial charge is 0.324 e. The zero-order valence-corrected chi connectivity index (χ0v) is 12.7. The molecule has 0 radical (unpaired) electrons. The lowest BCUT2D eigenvalue weighted by molar-refractivity contribution is -0.151. The number of thiophene rings is 1. The van der Waals surface area contributed by atoms with Gasteiger partial charge in [0.05, 0.1) is 6.61 Å². The number of ether oxygens (including phenoxy) is 1. The van der Waals surface area contributed by atoms with Gasteiger partial charge in [-0.1, -0.05) is 0 Å². The van der Waals surface area contributed by atoms with Crippen molar-refractivity contribution in [3.8, 4) is 0 Å². The quantitative estimate of drug-likeness (QED) is 0.865. The zero-order chi connectivity index (χ0) is 13.9. The minimum atomic E-state index is -0.139. The highest BCUT2D eigenvalue weighted by Crippen LogP contribution is 2.38. The number of carbonyl (C=O) groups is 1. The van der Waals surface area contributed by atoms with E-state index in [1.807, 2.05) is 18.3 Å². The lowest BCUT2D eigenvalue weighted by atomic mass is 9.91. The number of esters is 1. The molecule has 4 nitrogen and oxygen atoms in total. The molecule has 20 heavy (non-hydrogen) atoms. The first-order chi connectivity index (χ1) is 9.81. The monoisotopic (exact) mass is 294 g/mol. The molecule has 1 N–H and O–H groups in total. The van der Waals surface area contributed by atoms with E-state index < -0.39 is 0 Å². The van der Waals surface area contributed by atoms with Crippen LogP contribution >= 0.6 is 11.3 Å². The minimum Gasteiger partial charge on any atom is -0.465 e. The summed E-state index contributed by atoms with van der Waals surface area (Å²) in [5.74, 6) is -0.0814. The predicted octanol–water partition coefficient (Wildman–Crippen LogP) is 1.96. The molecule has 110 valence electrons. The molecule has 1 aromatic rings. The van der Waals surface area contributed by atoms with Crippen LogP contribution in [-0.4, -0.2) is 43.2 Å². The maximum atomic E-state index is 12.2. The third-order valence-electron chi connectivity index (χ3n) is 4.26. The Bertz CT molecular complexity index is 474. The number of piperazine rings is 1. The average Bonchev–Trinajstić information content (AvgIpc) is 2.96. The van der Waals surface area contributed by atoms with Crippen molar-refractivity contribution >= 4 is 17.3 Å². The van der Waals surface area contributed by atoms with Crippen molar-refractivity contribution in [2.75, 3.05) is 26.2 Å². The van der Waals surface area contributed by atoms with Gasteiger partial charge in [0.1, 0.15) is 6.04 Å². The molecule has 2 unspecified atom stereocenters. The van der Waals surface area contributed by atoms with Gasteiger partial charge < -0.3 is 10.1 Å². The van der Waals surface area contributed by atoms with Crippen molar-refractivity contribution in [2.24, 2.45) is 0 Å². The van der Waals surface area contributed by atoms with E-state index in [1.165, 1.54) is 23.3 Å². The summed E-state index contributed by atoms with van der Waals surface area (Å²) in [5.41, 5.74) is 1.44. The average molecular weight is 294 g/mol. The van der Waals surface area contributed by atoms with Crippen LogP contribution in [0.5, 0.6) is 0 Å². The topological polar surface area (TPSA) is 41.6 Å². The first kappa shape index (κ1) is 14.0. The molecule has 5 heteroatoms. The van der Waals surface area contributed by atoms with Gasteiger partial charge in [-0.3, -0.25) is 9.69 Å². The second kappa shape index (κ2) is 6.24. The minimum absolute atomic E-state index is 0.0814. The first-order valence-corrected chi connectivity index (χ1v) is 8.38. The van der Waals surface area contributed by atoms with Gasteiger partial charge in [0.15, 0.2) is 0 Å². The zero-order valence-electron chi connectivity index (χ0n) is 11.9. The number of fused-ring (bicyclic) bond motifs is 1. The summed E-state index contributed by atoms with van der Waals surface area (Å²) in [6.07, 6.45) is 3.57. The van der Waals surface area contributed by atoms with E-state index in [0.717, 1.165) is 19.5 Å². The molecule has 1 fully saturated rings. The van der Waals surface area contributed by atoms with Gasteiger partial charge in [-0.25, -0.2) is 0 Å². The van der Waals surface area contributed by atoms with Crippen LogP contribution in [0.3, 0.4) is 0 Å². The second-order valence-corrected chi connectivity index (χ2v) is 6.42. The van der Waals surface area contributed by atoms with Crippen molar-refractivity contribution in [2.45, 2.75) is 38.3 Å². The fourth-order valence-electron chi connectivity index (χ4n) is 3.36. The van der Waals surface area contributed by atoms with Crippen molar-refractivity contribution in [3.05, 3.63) is 21.9 Å². The number of nitrogens with zero attached hydrogens (tertiary/aromatic N) is 1. The Hall–Kier alpha value is -0.910. The highest BCUT2D eigenvalue weighted by atomic mass is 32.1. The van der Waals surface area contributed by atoms with Crippen LogP contribution in [0.4, 0.5) is 0 Å². The SMILES string of the molecule is CCOC(=O)C1CNCCN1C1CCCc2sccc21. The van der Waals surface area contributed by atoms with Crippen LogP contribution in [0.1, 0.15) is 36.2 Å². The largest absolute Gasteiger partial charge is 0.465 e. The lowest BCUT2D eigenvalue weighted by Crippen LogP contribution is -2.56. The normalized spacial score (nSPS) is 27.1. The van der Waals surface area contributed by atoms with E-state index in [0.29, 0.717) is 19.2 Å². The van der Waals surface area contributed by atoms with Gasteiger partial charge >= 0.3 is 5.97 Å². The van der Waals surface area contributed by atoms with Gasteiger partial charge in [-0.2, -0.15) is 0 Å². The summed E-state index contributed by atoms with van der Waals surface area (Å²) in [6, 6.07) is 2.50. The summed E-state index contributed by atoms with van der Waals surface area (Å²) in [5, 5.41) is 5.51. The molecule has 0 saturated carbocycles. The standard InChI is InChI=1S/C15H22N2O2S/c1-2-19-15(18)13-10-16-7-8-17(13)12-4-3-5-14-11(12)6-9-20-14/h6,9,12-13,16H,2-5,7-8,10H2,1H3. The van der Waals surface area contributed by atoms with E-state index in [9.17, 15) is 4.79 Å². The fraction of sp³-hybridized carbons (Fsp3) is 0.667. The van der Waals surface area contributed by atoms with E-state index >= 15 is 0 Å². The molecular weight excluding hydrogens is 272 g/mol. The molecule has 3 rings (SSSR count). The lowest BCUT2D eigenvalue weighted by Gasteiger charge is -2.41. The second-order valence-electron chi connectivity index (χ2n) is 5.42. The Labute approximate surface area is 124 Å². The van der Waals surface area contributed by atoms with Gasteiger partial charge in [0.25, 0.3) is 0 Å². The number of aryl methyl sites for hydroxylation is 1. The fourth-order valence-corrected chi connectivity index (χ4v) is 4.34. The van der Waals surface area contributed by atoms with E-state index in [-0.39, 0.29) is 12.0 Å². The van der Waals surface area contributed by atoms with Crippen LogP contribution in [0.25, 0.3) is 0 Å². The molecule has 2 atom stereocenters. The molecule has 0 bridgehead atoms. The molecule has 0 amide bonds. The molecule has 1 aliphatic heterocycles. The maximum absolute atomic E-state index is 12.2. The van der Waals surface area contributed by atoms with Crippen molar-refractivity contribution < 1.29 is 9.53 Å². The molecular formula is C15H22N2O2S. The molecule has 1 aliphatic carbocycles. The summed E-state index contributed by atoms with van der Waals surface area (Å²) in [7, 11) is 0. The van der Waals surface area contributed by atoms with Gasteiger partial charge in [-0.05, 0) is 43.2 Å². The van der Waals surface area contributed by atoms with E-state index in [2.05, 4.69) is 21.7 Å². The third kappa shape index (κ3) is 2.62. The number of rotatable bonds is 3. The van der Waals surface area contributed by atoms with Crippen molar-refractivity contribution in [1.29, 1.82) is 0 Å². The summed E-state index contributed by atoms with van der Waals surface area (Å²) >= 11 is 1.85. The highest BCUT2D eigenvalue weighted by Gasteiger charge is 2.37. The number of nitrogens with one attached hydrogen (secondary N) is 1. The summed E-state index contributed by atoms with van der Waals surface area (Å²) < 4.78 is 5.25. The molecule has 2 aliphatic rings. The first-order valence-electron chi connectivity index (χ1n) is 7.50. The van der Waals surface area contributed by atoms with Gasteiger partial charge in [0, 0.05) is 30.6 Å². The molecule has 0 aromatic carbocycles. The van der Waals surface area contributed by atoms with Crippen LogP contribution in [-0.2, 0) is 16.0 Å². The Balaban J connectivity index is 1.82. The van der Waals surface area contributed by atoms with E-state index in [4.69, 9.17) is 4.74 Å². The molecule has 1 aromatic heterocycles. The van der Waals surface area contributed by atoms with Crippen molar-refractivity contribution in [1.82, 2.24) is 10.2 Å². The van der Waals surface area contributed by atoms with Gasteiger partial charge in [-0.15, -0.1) is 11.3 Å². The Morgan fingerprint density at radius 3 is 3.35 bits per heavy atom. The van der Waals surface area contributed by atoms with Crippen LogP contribution in [0.15, 0.2) is 11.4 Å². The number of hydrogen-bond acceptors (Lipinski definition) is 5. The van der Waals surface area contributed by atoms with E-state index in [1.54, 1.807) is 0 Å². The van der Waals surface area contributed by atoms with Crippen molar-refractivity contribution in [3.63, 3.8) is 0 Å².